The van der Waals surface area contributed by atoms with Crippen molar-refractivity contribution >= 4 is 0 Å². The van der Waals surface area contributed by atoms with Crippen molar-refractivity contribution in [3.8, 4) is 0 Å². The van der Waals surface area contributed by atoms with Crippen LogP contribution in [0.5, 0.6) is 0 Å². The van der Waals surface area contributed by atoms with Gasteiger partial charge in [0, 0.05) is 18.0 Å². The summed E-state index contributed by atoms with van der Waals surface area (Å²) in [7, 11) is 0. The van der Waals surface area contributed by atoms with Crippen LogP contribution < -0.4 is 0 Å². The second kappa shape index (κ2) is 4.88. The molecular weight excluding hydrogens is 243 g/mol. The van der Waals surface area contributed by atoms with Crippen molar-refractivity contribution in [2.45, 2.75) is 50.3 Å². The Morgan fingerprint density at radius 3 is 2.28 bits per heavy atom. The Morgan fingerprint density at radius 1 is 1.11 bits per heavy atom. The lowest BCUT2D eigenvalue weighted by Gasteiger charge is -2.29. The summed E-state index contributed by atoms with van der Waals surface area (Å²) in [6.07, 6.45) is 2.02. The van der Waals surface area contributed by atoms with Gasteiger partial charge in [-0.2, -0.15) is 13.2 Å². The van der Waals surface area contributed by atoms with Crippen LogP contribution in [0, 0.1) is 0 Å². The van der Waals surface area contributed by atoms with E-state index < -0.39 is 17.3 Å². The quantitative estimate of drug-likeness (QED) is 0.781. The van der Waals surface area contributed by atoms with Gasteiger partial charge in [0.1, 0.15) is 0 Å². The second-order valence-corrected chi connectivity index (χ2v) is 4.86. The summed E-state index contributed by atoms with van der Waals surface area (Å²) in [6, 6.07) is 0.943. The number of pyridine rings is 1. The van der Waals surface area contributed by atoms with Gasteiger partial charge in [-0.15, -0.1) is 0 Å². The van der Waals surface area contributed by atoms with Crippen LogP contribution in [0.15, 0.2) is 18.5 Å². The third-order valence-corrected chi connectivity index (χ3v) is 3.56. The Bertz CT molecular complexity index is 409. The third-order valence-electron chi connectivity index (χ3n) is 3.56. The fourth-order valence-electron chi connectivity index (χ4n) is 2.60. The Balaban J connectivity index is 2.43. The number of nitrogens with zero attached hydrogens (tertiary/aromatic N) is 1. The van der Waals surface area contributed by atoms with Crippen molar-refractivity contribution in [2.75, 3.05) is 0 Å². The maximum Gasteiger partial charge on any atom is 0.416 e. The molecule has 1 aromatic heterocycles. The second-order valence-electron chi connectivity index (χ2n) is 4.86. The molecule has 18 heavy (non-hydrogen) atoms. The average molecular weight is 259 g/mol. The number of rotatable bonds is 1. The monoisotopic (exact) mass is 259 g/mol. The molecule has 1 saturated carbocycles. The van der Waals surface area contributed by atoms with Crippen molar-refractivity contribution in [2.24, 2.45) is 0 Å². The molecule has 1 fully saturated rings. The normalized spacial score (nSPS) is 20.4. The first-order valence-corrected chi connectivity index (χ1v) is 6.17. The minimum Gasteiger partial charge on any atom is -0.385 e. The molecule has 2 rings (SSSR count). The van der Waals surface area contributed by atoms with Gasteiger partial charge in [-0.25, -0.2) is 0 Å². The van der Waals surface area contributed by atoms with E-state index in [1.165, 1.54) is 0 Å². The third kappa shape index (κ3) is 2.66. The topological polar surface area (TPSA) is 33.1 Å². The van der Waals surface area contributed by atoms with Crippen LogP contribution in [0.2, 0.25) is 0 Å². The van der Waals surface area contributed by atoms with Crippen molar-refractivity contribution in [3.05, 3.63) is 29.6 Å². The molecule has 2 nitrogen and oxygen atoms in total. The molecule has 0 radical (unpaired) electrons. The first kappa shape index (κ1) is 13.3. The smallest absolute Gasteiger partial charge is 0.385 e. The van der Waals surface area contributed by atoms with Crippen molar-refractivity contribution < 1.29 is 18.3 Å². The Hall–Kier alpha value is -1.10. The predicted octanol–water partition coefficient (Wildman–Crippen LogP) is 3.64. The highest BCUT2D eigenvalue weighted by Gasteiger charge is 2.40. The molecule has 1 aliphatic rings. The molecule has 1 aromatic rings. The van der Waals surface area contributed by atoms with Crippen molar-refractivity contribution in [1.82, 2.24) is 4.98 Å². The molecule has 0 atom stereocenters. The molecule has 1 aliphatic carbocycles. The molecule has 1 N–H and O–H groups in total. The molecule has 0 aliphatic heterocycles. The van der Waals surface area contributed by atoms with Crippen LogP contribution in [0.25, 0.3) is 0 Å². The lowest BCUT2D eigenvalue weighted by molar-refractivity contribution is -0.141. The van der Waals surface area contributed by atoms with E-state index in [1.807, 2.05) is 0 Å². The number of aromatic nitrogens is 1. The van der Waals surface area contributed by atoms with E-state index in [-0.39, 0.29) is 5.56 Å². The minimum atomic E-state index is -4.44. The molecule has 1 heterocycles. The fourth-order valence-corrected chi connectivity index (χ4v) is 2.60. The van der Waals surface area contributed by atoms with Gasteiger partial charge in [0.25, 0.3) is 0 Å². The number of hydrogen-bond donors (Lipinski definition) is 1. The van der Waals surface area contributed by atoms with Gasteiger partial charge in [0.2, 0.25) is 0 Å². The highest BCUT2D eigenvalue weighted by molar-refractivity contribution is 5.31. The number of halogens is 3. The first-order chi connectivity index (χ1) is 8.43. The Labute approximate surface area is 104 Å². The summed E-state index contributed by atoms with van der Waals surface area (Å²) < 4.78 is 38.8. The molecular formula is C13H16F3NO. The van der Waals surface area contributed by atoms with Gasteiger partial charge < -0.3 is 5.11 Å². The van der Waals surface area contributed by atoms with Crippen molar-refractivity contribution in [1.29, 1.82) is 0 Å². The Kier molecular flexibility index (Phi) is 3.61. The lowest BCUT2D eigenvalue weighted by Crippen LogP contribution is -2.28. The highest BCUT2D eigenvalue weighted by Crippen LogP contribution is 2.42. The van der Waals surface area contributed by atoms with E-state index in [2.05, 4.69) is 4.98 Å². The largest absolute Gasteiger partial charge is 0.416 e. The molecule has 0 spiro atoms. The fraction of sp³-hybridized carbons (Fsp3) is 0.615. The summed E-state index contributed by atoms with van der Waals surface area (Å²) >= 11 is 0. The van der Waals surface area contributed by atoms with Gasteiger partial charge in [-0.3, -0.25) is 4.98 Å². The molecule has 0 amide bonds. The van der Waals surface area contributed by atoms with Crippen LogP contribution in [-0.2, 0) is 11.8 Å². The zero-order valence-corrected chi connectivity index (χ0v) is 10.0. The Morgan fingerprint density at radius 2 is 1.72 bits per heavy atom. The van der Waals surface area contributed by atoms with Crippen LogP contribution in [-0.4, -0.2) is 10.1 Å². The molecule has 0 bridgehead atoms. The average Bonchev–Trinajstić information content (AvgIpc) is 2.54. The summed E-state index contributed by atoms with van der Waals surface area (Å²) in [6.45, 7) is 0. The molecule has 0 saturated heterocycles. The van der Waals surface area contributed by atoms with Gasteiger partial charge in [0.05, 0.1) is 11.2 Å². The maximum absolute atomic E-state index is 12.9. The van der Waals surface area contributed by atoms with Gasteiger partial charge in [-0.05, 0) is 18.9 Å². The van der Waals surface area contributed by atoms with E-state index in [4.69, 9.17) is 0 Å². The SMILES string of the molecule is OC1(c2cnccc2C(F)(F)F)CCCCCC1. The molecule has 0 aromatic carbocycles. The number of hydrogen-bond acceptors (Lipinski definition) is 2. The van der Waals surface area contributed by atoms with Crippen LogP contribution in [0.4, 0.5) is 13.2 Å². The maximum atomic E-state index is 12.9. The van der Waals surface area contributed by atoms with Crippen LogP contribution in [0.3, 0.4) is 0 Å². The lowest BCUT2D eigenvalue weighted by atomic mass is 9.84. The molecule has 0 unspecified atom stereocenters. The van der Waals surface area contributed by atoms with E-state index in [0.29, 0.717) is 12.8 Å². The van der Waals surface area contributed by atoms with E-state index in [9.17, 15) is 18.3 Å². The van der Waals surface area contributed by atoms with E-state index in [1.54, 1.807) is 0 Å². The number of alkyl halides is 3. The van der Waals surface area contributed by atoms with E-state index in [0.717, 1.165) is 44.1 Å². The minimum absolute atomic E-state index is 0.0700. The molecule has 100 valence electrons. The zero-order chi connectivity index (χ0) is 13.2. The zero-order valence-electron chi connectivity index (χ0n) is 10.0. The molecule has 5 heteroatoms. The van der Waals surface area contributed by atoms with Crippen molar-refractivity contribution in [3.63, 3.8) is 0 Å². The standard InChI is InChI=1S/C13H16F3NO/c14-13(15,16)10-5-8-17-9-11(10)12(18)6-3-1-2-4-7-12/h5,8-9,18H,1-4,6-7H2. The first-order valence-electron chi connectivity index (χ1n) is 6.17. The highest BCUT2D eigenvalue weighted by atomic mass is 19.4. The predicted molar refractivity (Wildman–Crippen MR) is 60.8 cm³/mol. The van der Waals surface area contributed by atoms with E-state index >= 15 is 0 Å². The number of aliphatic hydroxyl groups is 1. The van der Waals surface area contributed by atoms with Crippen LogP contribution >= 0.6 is 0 Å². The summed E-state index contributed by atoms with van der Waals surface area (Å²) in [5.74, 6) is 0. The van der Waals surface area contributed by atoms with Gasteiger partial charge >= 0.3 is 6.18 Å². The summed E-state index contributed by atoms with van der Waals surface area (Å²) in [4.78, 5) is 3.75. The summed E-state index contributed by atoms with van der Waals surface area (Å²) in [5.41, 5.74) is -2.21. The van der Waals surface area contributed by atoms with Crippen LogP contribution in [0.1, 0.15) is 49.7 Å². The van der Waals surface area contributed by atoms with Gasteiger partial charge in [-0.1, -0.05) is 25.7 Å². The van der Waals surface area contributed by atoms with Gasteiger partial charge in [0.15, 0.2) is 0 Å². The summed E-state index contributed by atoms with van der Waals surface area (Å²) in [5, 5.41) is 10.5.